The van der Waals surface area contributed by atoms with E-state index in [0.717, 1.165) is 76.6 Å². The predicted octanol–water partition coefficient (Wildman–Crippen LogP) is 6.46. The number of aliphatic hydroxyl groups is 1. The van der Waals surface area contributed by atoms with E-state index in [1.807, 2.05) is 42.6 Å². The number of nitrogens with zero attached hydrogens (tertiary/aromatic N) is 4. The fourth-order valence-corrected chi connectivity index (χ4v) is 8.15. The van der Waals surface area contributed by atoms with Gasteiger partial charge in [0, 0.05) is 60.1 Å². The van der Waals surface area contributed by atoms with Crippen LogP contribution in [0.15, 0.2) is 60.4 Å². The van der Waals surface area contributed by atoms with Gasteiger partial charge in [-0.15, -0.1) is 11.3 Å². The molecular weight excluding hydrogens is 560 g/mol. The third kappa shape index (κ3) is 5.67. The molecule has 1 saturated heterocycles. The Morgan fingerprint density at radius 2 is 1.88 bits per heavy atom. The first kappa shape index (κ1) is 28.4. The van der Waals surface area contributed by atoms with Crippen LogP contribution in [0, 0.1) is 17.8 Å². The van der Waals surface area contributed by atoms with Gasteiger partial charge >= 0.3 is 5.97 Å². The van der Waals surface area contributed by atoms with Crippen LogP contribution in [-0.2, 0) is 4.74 Å². The van der Waals surface area contributed by atoms with Gasteiger partial charge in [0.15, 0.2) is 5.65 Å². The van der Waals surface area contributed by atoms with Gasteiger partial charge in [-0.05, 0) is 60.8 Å². The first-order valence-electron chi connectivity index (χ1n) is 15.4. The van der Waals surface area contributed by atoms with Gasteiger partial charge in [0.2, 0.25) is 0 Å². The monoisotopic (exact) mass is 598 g/mol. The van der Waals surface area contributed by atoms with Crippen LogP contribution in [0.25, 0.3) is 32.9 Å². The first-order valence-corrected chi connectivity index (χ1v) is 16.3. The van der Waals surface area contributed by atoms with Crippen molar-refractivity contribution in [1.29, 1.82) is 0 Å². The molecule has 2 atom stereocenters. The lowest BCUT2D eigenvalue weighted by molar-refractivity contribution is -0.0363. The summed E-state index contributed by atoms with van der Waals surface area (Å²) in [4.78, 5) is 20.5. The predicted molar refractivity (Wildman–Crippen MR) is 168 cm³/mol. The lowest BCUT2D eigenvalue weighted by Crippen LogP contribution is -2.45. The molecule has 4 aromatic rings. The standard InChI is InChI=1S/C34H38N4O4S/c1-21-3-5-22(6-4-21)26-11-15-37(33(39)25-12-16-42-20-25)19-28(26)27-17-30(43-32(27)34(40)41)24-9-7-23(8-10-24)29-18-31-35-13-2-14-38(31)36-29/h2,7-10,13-14,17-18,21-22,25,33,39H,3-6,11-12,15-16,19-20H2,1H3,(H,40,41). The molecule has 1 saturated carbocycles. The number of carbonyl (C=O) groups is 1. The van der Waals surface area contributed by atoms with Crippen LogP contribution < -0.4 is 0 Å². The summed E-state index contributed by atoms with van der Waals surface area (Å²) >= 11 is 1.34. The number of aromatic nitrogens is 3. The number of aromatic carboxylic acids is 1. The molecule has 0 radical (unpaired) electrons. The van der Waals surface area contributed by atoms with E-state index in [2.05, 4.69) is 28.0 Å². The summed E-state index contributed by atoms with van der Waals surface area (Å²) in [6, 6.07) is 14.0. The molecule has 3 aliphatic rings. The Morgan fingerprint density at radius 1 is 1.09 bits per heavy atom. The van der Waals surface area contributed by atoms with Gasteiger partial charge in [0.05, 0.1) is 12.3 Å². The zero-order valence-electron chi connectivity index (χ0n) is 24.5. The molecule has 3 aromatic heterocycles. The highest BCUT2D eigenvalue weighted by molar-refractivity contribution is 7.17. The minimum Gasteiger partial charge on any atom is -0.477 e. The number of hydrogen-bond donors (Lipinski definition) is 2. The van der Waals surface area contributed by atoms with Crippen molar-refractivity contribution in [1.82, 2.24) is 19.5 Å². The number of aliphatic hydroxyl groups excluding tert-OH is 1. The molecule has 2 fully saturated rings. The maximum absolute atomic E-state index is 12.7. The van der Waals surface area contributed by atoms with Crippen molar-refractivity contribution in [2.75, 3.05) is 26.3 Å². The van der Waals surface area contributed by atoms with Crippen LogP contribution in [0.2, 0.25) is 0 Å². The fraction of sp³-hybridized carbons (Fsp3) is 0.441. The van der Waals surface area contributed by atoms with Gasteiger partial charge in [-0.25, -0.2) is 14.3 Å². The van der Waals surface area contributed by atoms with Crippen LogP contribution in [0.4, 0.5) is 0 Å². The maximum atomic E-state index is 12.7. The van der Waals surface area contributed by atoms with Gasteiger partial charge in [-0.2, -0.15) is 5.10 Å². The average Bonchev–Trinajstić information content (AvgIpc) is 3.81. The van der Waals surface area contributed by atoms with Gasteiger partial charge in [0.25, 0.3) is 0 Å². The third-order valence-electron chi connectivity index (χ3n) is 9.64. The number of thiophene rings is 1. The summed E-state index contributed by atoms with van der Waals surface area (Å²) in [5.74, 6) is 0.416. The molecule has 7 rings (SSSR count). The van der Waals surface area contributed by atoms with Crippen molar-refractivity contribution in [3.8, 4) is 21.7 Å². The number of benzene rings is 1. The normalized spacial score (nSPS) is 24.1. The summed E-state index contributed by atoms with van der Waals surface area (Å²) in [7, 11) is 0. The second-order valence-electron chi connectivity index (χ2n) is 12.4. The van der Waals surface area contributed by atoms with Crippen LogP contribution in [0.1, 0.15) is 60.7 Å². The molecule has 2 aliphatic heterocycles. The Labute approximate surface area is 255 Å². The van der Waals surface area contributed by atoms with E-state index in [0.29, 0.717) is 30.6 Å². The number of fused-ring (bicyclic) bond motifs is 1. The van der Waals surface area contributed by atoms with Gasteiger partial charge in [-0.3, -0.25) is 4.90 Å². The molecule has 0 amide bonds. The average molecular weight is 599 g/mol. The van der Waals surface area contributed by atoms with Crippen LogP contribution >= 0.6 is 11.3 Å². The zero-order valence-corrected chi connectivity index (χ0v) is 25.3. The summed E-state index contributed by atoms with van der Waals surface area (Å²) in [5, 5.41) is 26.3. The summed E-state index contributed by atoms with van der Waals surface area (Å²) < 4.78 is 7.34. The van der Waals surface area contributed by atoms with E-state index in [1.165, 1.54) is 29.8 Å². The number of carboxylic acid groups (broad SMARTS) is 1. The fourth-order valence-electron chi connectivity index (χ4n) is 7.12. The lowest BCUT2D eigenvalue weighted by Gasteiger charge is -2.39. The molecular formula is C34H38N4O4S. The molecule has 43 heavy (non-hydrogen) atoms. The summed E-state index contributed by atoms with van der Waals surface area (Å²) in [6.45, 7) is 4.96. The van der Waals surface area contributed by atoms with Crippen molar-refractivity contribution < 1.29 is 19.7 Å². The van der Waals surface area contributed by atoms with E-state index < -0.39 is 12.2 Å². The summed E-state index contributed by atoms with van der Waals surface area (Å²) in [5.41, 5.74) is 6.92. The molecule has 1 aromatic carbocycles. The Balaban J connectivity index is 1.23. The molecule has 2 unspecified atom stereocenters. The zero-order chi connectivity index (χ0) is 29.5. The van der Waals surface area contributed by atoms with Gasteiger partial charge in [-0.1, -0.05) is 49.6 Å². The van der Waals surface area contributed by atoms with Crippen molar-refractivity contribution in [2.45, 2.75) is 51.7 Å². The number of ether oxygens (including phenoxy) is 1. The van der Waals surface area contributed by atoms with Crippen molar-refractivity contribution in [3.05, 3.63) is 70.9 Å². The van der Waals surface area contributed by atoms with Gasteiger partial charge in [0.1, 0.15) is 11.1 Å². The minimum absolute atomic E-state index is 0.0949. The van der Waals surface area contributed by atoms with E-state index in [4.69, 9.17) is 4.74 Å². The van der Waals surface area contributed by atoms with Crippen LogP contribution in [0.3, 0.4) is 0 Å². The topological polar surface area (TPSA) is 100 Å². The maximum Gasteiger partial charge on any atom is 0.346 e. The number of rotatable bonds is 7. The Kier molecular flexibility index (Phi) is 7.90. The number of hydrogen-bond acceptors (Lipinski definition) is 7. The van der Waals surface area contributed by atoms with Crippen molar-refractivity contribution >= 4 is 28.5 Å². The van der Waals surface area contributed by atoms with Crippen LogP contribution in [0.5, 0.6) is 0 Å². The van der Waals surface area contributed by atoms with E-state index in [-0.39, 0.29) is 5.92 Å². The first-order chi connectivity index (χ1) is 20.9. The largest absolute Gasteiger partial charge is 0.477 e. The molecule has 1 aliphatic carbocycles. The highest BCUT2D eigenvalue weighted by Crippen LogP contribution is 2.44. The highest BCUT2D eigenvalue weighted by Gasteiger charge is 2.35. The van der Waals surface area contributed by atoms with Crippen molar-refractivity contribution in [2.24, 2.45) is 17.8 Å². The second-order valence-corrected chi connectivity index (χ2v) is 13.5. The highest BCUT2D eigenvalue weighted by atomic mass is 32.1. The molecule has 9 heteroatoms. The quantitative estimate of drug-likeness (QED) is 0.252. The molecule has 224 valence electrons. The lowest BCUT2D eigenvalue weighted by atomic mass is 9.75. The smallest absolute Gasteiger partial charge is 0.346 e. The van der Waals surface area contributed by atoms with E-state index in [9.17, 15) is 15.0 Å². The SMILES string of the molecule is CC1CCC(C2=C(c3cc(-c4ccc(-c5cc6ncccn6n5)cc4)sc3C(=O)O)CN(C(O)C3CCOC3)CC2)CC1. The van der Waals surface area contributed by atoms with Crippen LogP contribution in [-0.4, -0.2) is 68.2 Å². The van der Waals surface area contributed by atoms with E-state index >= 15 is 0 Å². The molecule has 2 N–H and O–H groups in total. The summed E-state index contributed by atoms with van der Waals surface area (Å²) in [6.07, 6.45) is 9.50. The Hall–Kier alpha value is -3.37. The third-order valence-corrected chi connectivity index (χ3v) is 10.8. The van der Waals surface area contributed by atoms with Gasteiger partial charge < -0.3 is 14.9 Å². The van der Waals surface area contributed by atoms with Crippen molar-refractivity contribution in [3.63, 3.8) is 0 Å². The Bertz CT molecular complexity index is 1610. The molecule has 0 bridgehead atoms. The molecule has 5 heterocycles. The second kappa shape index (κ2) is 12.0. The molecule has 0 spiro atoms. The molecule has 8 nitrogen and oxygen atoms in total. The Morgan fingerprint density at radius 3 is 2.60 bits per heavy atom. The number of carboxylic acids is 1. The minimum atomic E-state index is -0.897. The van der Waals surface area contributed by atoms with E-state index in [1.54, 1.807) is 10.7 Å².